The van der Waals surface area contributed by atoms with Gasteiger partial charge in [-0.05, 0) is 41.3 Å². The third kappa shape index (κ3) is 4.75. The number of thioether (sulfide) groups is 1. The molecular formula is C24H21ClNOPS. The quantitative estimate of drug-likeness (QED) is 0.252. The van der Waals surface area contributed by atoms with Crippen molar-refractivity contribution in [1.29, 1.82) is 0 Å². The zero-order valence-corrected chi connectivity index (χ0v) is 18.6. The Hall–Kier alpha value is -2.06. The van der Waals surface area contributed by atoms with Crippen molar-refractivity contribution in [2.45, 2.75) is 18.4 Å². The van der Waals surface area contributed by atoms with E-state index in [-0.39, 0.29) is 0 Å². The zero-order valence-electron chi connectivity index (χ0n) is 16.1. The molecule has 0 N–H and O–H groups in total. The molecule has 0 saturated carbocycles. The standard InChI is InChI=1S/C24H21ClNOPS/c1-2-17-29-24-23(26-22(27-24)18-13-15-19(25)16-14-18)28(20-9-5-3-6-10-20)21-11-7-4-8-12-21/h3-16H,2,17H2,1H3. The maximum atomic E-state index is 6.29. The van der Waals surface area contributed by atoms with Crippen LogP contribution >= 0.6 is 31.3 Å². The van der Waals surface area contributed by atoms with E-state index < -0.39 is 7.92 Å². The fraction of sp³-hybridized carbons (Fsp3) is 0.125. The summed E-state index contributed by atoms with van der Waals surface area (Å²) in [5.41, 5.74) is 1.97. The van der Waals surface area contributed by atoms with Crippen LogP contribution in [0.5, 0.6) is 0 Å². The van der Waals surface area contributed by atoms with Crippen molar-refractivity contribution in [3.05, 3.63) is 90.0 Å². The highest BCUT2D eigenvalue weighted by Gasteiger charge is 2.26. The summed E-state index contributed by atoms with van der Waals surface area (Å²) in [6.07, 6.45) is 1.08. The molecule has 4 aromatic rings. The van der Waals surface area contributed by atoms with Gasteiger partial charge in [0.25, 0.3) is 0 Å². The van der Waals surface area contributed by atoms with Crippen LogP contribution in [0.15, 0.2) is 94.4 Å². The molecule has 0 fully saturated rings. The highest BCUT2D eigenvalue weighted by atomic mass is 35.5. The van der Waals surface area contributed by atoms with Crippen molar-refractivity contribution in [2.75, 3.05) is 5.75 Å². The summed E-state index contributed by atoms with van der Waals surface area (Å²) in [5.74, 6) is 1.64. The number of halogens is 1. The van der Waals surface area contributed by atoms with Gasteiger partial charge in [-0.15, -0.1) is 0 Å². The van der Waals surface area contributed by atoms with Gasteiger partial charge in [0.15, 0.2) is 5.09 Å². The Bertz CT molecular complexity index is 1010. The minimum absolute atomic E-state index is 0.648. The van der Waals surface area contributed by atoms with Crippen LogP contribution in [0, 0.1) is 0 Å². The predicted molar refractivity (Wildman–Crippen MR) is 127 cm³/mol. The van der Waals surface area contributed by atoms with Crippen LogP contribution < -0.4 is 16.0 Å². The first-order chi connectivity index (χ1) is 14.3. The monoisotopic (exact) mass is 437 g/mol. The number of hydrogen-bond donors (Lipinski definition) is 0. The molecule has 5 heteroatoms. The van der Waals surface area contributed by atoms with Gasteiger partial charge in [0.2, 0.25) is 5.89 Å². The molecule has 0 aliphatic carbocycles. The average molecular weight is 438 g/mol. The number of nitrogens with zero attached hydrogens (tertiary/aromatic N) is 1. The molecule has 0 spiro atoms. The van der Waals surface area contributed by atoms with Gasteiger partial charge in [-0.25, -0.2) is 4.98 Å². The average Bonchev–Trinajstić information content (AvgIpc) is 3.18. The van der Waals surface area contributed by atoms with Crippen molar-refractivity contribution < 1.29 is 4.42 Å². The second-order valence-corrected chi connectivity index (χ2v) is 10.1. The third-order valence-corrected chi connectivity index (χ3v) is 8.26. The fourth-order valence-corrected chi connectivity index (χ4v) is 6.43. The Morgan fingerprint density at radius 2 is 1.45 bits per heavy atom. The lowest BCUT2D eigenvalue weighted by Gasteiger charge is -2.17. The molecule has 0 unspecified atom stereocenters. The van der Waals surface area contributed by atoms with Crippen molar-refractivity contribution in [3.63, 3.8) is 0 Å². The summed E-state index contributed by atoms with van der Waals surface area (Å²) in [7, 11) is -0.811. The van der Waals surface area contributed by atoms with Gasteiger partial charge in [0.1, 0.15) is 5.44 Å². The van der Waals surface area contributed by atoms with Gasteiger partial charge >= 0.3 is 0 Å². The zero-order chi connectivity index (χ0) is 20.1. The largest absolute Gasteiger partial charge is 0.429 e. The number of benzene rings is 3. The highest BCUT2D eigenvalue weighted by Crippen LogP contribution is 2.38. The summed E-state index contributed by atoms with van der Waals surface area (Å²) < 4.78 is 6.29. The van der Waals surface area contributed by atoms with E-state index in [1.807, 2.05) is 24.3 Å². The van der Waals surface area contributed by atoms with Crippen LogP contribution in [-0.2, 0) is 0 Å². The molecule has 0 atom stereocenters. The highest BCUT2D eigenvalue weighted by molar-refractivity contribution is 8.00. The van der Waals surface area contributed by atoms with Crippen LogP contribution in [0.4, 0.5) is 0 Å². The molecular weight excluding hydrogens is 417 g/mol. The Morgan fingerprint density at radius 3 is 2.00 bits per heavy atom. The smallest absolute Gasteiger partial charge is 0.228 e. The van der Waals surface area contributed by atoms with Gasteiger partial charge < -0.3 is 4.42 Å². The molecule has 3 aromatic carbocycles. The minimum Gasteiger partial charge on any atom is -0.429 e. The Labute approximate surface area is 182 Å². The SMILES string of the molecule is CCCSc1oc(-c2ccc(Cl)cc2)nc1P(c1ccccc1)c1ccccc1. The van der Waals surface area contributed by atoms with Gasteiger partial charge in [-0.2, -0.15) is 0 Å². The van der Waals surface area contributed by atoms with Crippen LogP contribution in [0.2, 0.25) is 5.02 Å². The lowest BCUT2D eigenvalue weighted by molar-refractivity contribution is 0.487. The van der Waals surface area contributed by atoms with E-state index in [4.69, 9.17) is 21.0 Å². The van der Waals surface area contributed by atoms with E-state index >= 15 is 0 Å². The van der Waals surface area contributed by atoms with Gasteiger partial charge in [0.05, 0.1) is 0 Å². The van der Waals surface area contributed by atoms with Crippen LogP contribution in [0.1, 0.15) is 13.3 Å². The van der Waals surface area contributed by atoms with E-state index in [1.54, 1.807) is 11.8 Å². The number of oxazole rings is 1. The Morgan fingerprint density at radius 1 is 0.862 bits per heavy atom. The second kappa shape index (κ2) is 9.63. The van der Waals surface area contributed by atoms with E-state index in [0.29, 0.717) is 10.9 Å². The molecule has 0 radical (unpaired) electrons. The summed E-state index contributed by atoms with van der Waals surface area (Å²) in [5, 5.41) is 4.15. The molecule has 1 aromatic heterocycles. The molecule has 1 heterocycles. The number of hydrogen-bond acceptors (Lipinski definition) is 3. The first kappa shape index (κ1) is 20.2. The molecule has 0 aliphatic heterocycles. The molecule has 2 nitrogen and oxygen atoms in total. The number of rotatable bonds is 7. The lowest BCUT2D eigenvalue weighted by Crippen LogP contribution is -2.22. The van der Waals surface area contributed by atoms with E-state index in [1.165, 1.54) is 10.6 Å². The molecule has 0 amide bonds. The van der Waals surface area contributed by atoms with Crippen molar-refractivity contribution in [1.82, 2.24) is 4.98 Å². The van der Waals surface area contributed by atoms with Gasteiger partial charge in [-0.3, -0.25) is 0 Å². The van der Waals surface area contributed by atoms with Crippen molar-refractivity contribution >= 4 is 47.3 Å². The first-order valence-corrected chi connectivity index (χ1v) is 12.3. The van der Waals surface area contributed by atoms with E-state index in [2.05, 4.69) is 67.6 Å². The first-order valence-electron chi connectivity index (χ1n) is 9.56. The van der Waals surface area contributed by atoms with Crippen LogP contribution in [0.3, 0.4) is 0 Å². The van der Waals surface area contributed by atoms with Gasteiger partial charge in [0, 0.05) is 24.3 Å². The summed E-state index contributed by atoms with van der Waals surface area (Å²) in [6.45, 7) is 2.18. The normalized spacial score (nSPS) is 11.1. The third-order valence-electron chi connectivity index (χ3n) is 4.35. The lowest BCUT2D eigenvalue weighted by atomic mass is 10.2. The minimum atomic E-state index is -0.811. The molecule has 146 valence electrons. The van der Waals surface area contributed by atoms with Gasteiger partial charge in [-0.1, -0.05) is 91.0 Å². The van der Waals surface area contributed by atoms with Crippen LogP contribution in [-0.4, -0.2) is 10.7 Å². The summed E-state index contributed by atoms with van der Waals surface area (Å²) in [6, 6.07) is 28.9. The molecule has 29 heavy (non-hydrogen) atoms. The topological polar surface area (TPSA) is 26.0 Å². The van der Waals surface area contributed by atoms with Crippen molar-refractivity contribution in [3.8, 4) is 11.5 Å². The summed E-state index contributed by atoms with van der Waals surface area (Å²) >= 11 is 7.81. The molecule has 0 bridgehead atoms. The maximum Gasteiger partial charge on any atom is 0.228 e. The maximum absolute atomic E-state index is 6.29. The molecule has 0 aliphatic rings. The van der Waals surface area contributed by atoms with Crippen LogP contribution in [0.25, 0.3) is 11.5 Å². The molecule has 4 rings (SSSR count). The number of aromatic nitrogens is 1. The predicted octanol–water partition coefficient (Wildman–Crippen LogP) is 6.26. The molecule has 0 saturated heterocycles. The second-order valence-electron chi connectivity index (χ2n) is 6.49. The summed E-state index contributed by atoms with van der Waals surface area (Å²) in [4.78, 5) is 5.01. The van der Waals surface area contributed by atoms with E-state index in [0.717, 1.165) is 28.3 Å². The fourth-order valence-electron chi connectivity index (χ4n) is 2.99. The van der Waals surface area contributed by atoms with Crippen molar-refractivity contribution in [2.24, 2.45) is 0 Å². The Kier molecular flexibility index (Phi) is 6.71. The Balaban J connectivity index is 1.85. The van der Waals surface area contributed by atoms with E-state index in [9.17, 15) is 0 Å².